The topological polar surface area (TPSA) is 108 Å². The predicted octanol–water partition coefficient (Wildman–Crippen LogP) is 3.64. The summed E-state index contributed by atoms with van der Waals surface area (Å²) >= 11 is 0. The first-order valence-electron chi connectivity index (χ1n) is 12.4. The molecule has 9 nitrogen and oxygen atoms in total. The monoisotopic (exact) mass is 522 g/mol. The number of aromatic nitrogens is 6. The SMILES string of the molecule is CC(C)(C)[C@H](c1nc(-c2cccc(F)c2)cn1Cc1ccccc1)N(C[C@H](F)CN)C(=O)Cn1ncnn1. The van der Waals surface area contributed by atoms with E-state index in [0.717, 1.165) is 10.4 Å². The largest absolute Gasteiger partial charge is 0.328 e. The fraction of sp³-hybridized carbons (Fsp3) is 0.370. The van der Waals surface area contributed by atoms with Crippen molar-refractivity contribution in [2.75, 3.05) is 13.1 Å². The van der Waals surface area contributed by atoms with Crippen LogP contribution in [0.5, 0.6) is 0 Å². The van der Waals surface area contributed by atoms with Crippen molar-refractivity contribution in [1.82, 2.24) is 34.7 Å². The lowest BCUT2D eigenvalue weighted by atomic mass is 9.84. The molecule has 2 aromatic carbocycles. The van der Waals surface area contributed by atoms with Crippen molar-refractivity contribution in [3.8, 4) is 11.3 Å². The zero-order chi connectivity index (χ0) is 27.3. The summed E-state index contributed by atoms with van der Waals surface area (Å²) in [4.78, 5) is 21.1. The number of tetrazole rings is 1. The van der Waals surface area contributed by atoms with E-state index < -0.39 is 23.5 Å². The number of hydrogen-bond acceptors (Lipinski definition) is 6. The highest BCUT2D eigenvalue weighted by Gasteiger charge is 2.39. The smallest absolute Gasteiger partial charge is 0.246 e. The van der Waals surface area contributed by atoms with Gasteiger partial charge >= 0.3 is 0 Å². The van der Waals surface area contributed by atoms with Crippen LogP contribution in [0.2, 0.25) is 0 Å². The van der Waals surface area contributed by atoms with E-state index in [0.29, 0.717) is 23.6 Å². The first-order chi connectivity index (χ1) is 18.2. The molecule has 2 N–H and O–H groups in total. The Morgan fingerprint density at radius 1 is 1.13 bits per heavy atom. The number of amides is 1. The van der Waals surface area contributed by atoms with Gasteiger partial charge in [-0.3, -0.25) is 4.79 Å². The zero-order valence-electron chi connectivity index (χ0n) is 21.7. The molecule has 0 spiro atoms. The molecule has 2 heterocycles. The number of nitrogens with two attached hydrogens (primary N) is 1. The molecule has 4 rings (SSSR count). The molecule has 1 amide bonds. The van der Waals surface area contributed by atoms with Gasteiger partial charge in [-0.1, -0.05) is 63.2 Å². The van der Waals surface area contributed by atoms with Crippen LogP contribution >= 0.6 is 0 Å². The number of hydrogen-bond donors (Lipinski definition) is 1. The van der Waals surface area contributed by atoms with Crippen LogP contribution in [0.1, 0.15) is 38.2 Å². The van der Waals surface area contributed by atoms with Gasteiger partial charge in [0.05, 0.1) is 18.3 Å². The second kappa shape index (κ2) is 11.6. The van der Waals surface area contributed by atoms with E-state index >= 15 is 0 Å². The molecule has 0 aliphatic rings. The molecule has 200 valence electrons. The van der Waals surface area contributed by atoms with E-state index in [1.807, 2.05) is 61.9 Å². The standard InChI is InChI=1S/C27H32F2N8O/c1-27(2,3)25(36(15-22(29)13-30)24(38)17-37-32-18-31-34-37)26-33-23(20-10-7-11-21(28)12-20)16-35(26)14-19-8-5-4-6-9-19/h4-12,16,18,22,25H,13-15,17,30H2,1-3H3/t22-,25+/m1/s1. The zero-order valence-corrected chi connectivity index (χ0v) is 21.7. The van der Waals surface area contributed by atoms with Gasteiger partial charge in [0.2, 0.25) is 5.91 Å². The van der Waals surface area contributed by atoms with E-state index in [-0.39, 0.29) is 25.5 Å². The maximum Gasteiger partial charge on any atom is 0.246 e. The van der Waals surface area contributed by atoms with E-state index in [9.17, 15) is 13.6 Å². The average molecular weight is 523 g/mol. The maximum absolute atomic E-state index is 14.8. The molecule has 0 bridgehead atoms. The van der Waals surface area contributed by atoms with E-state index in [1.54, 1.807) is 12.1 Å². The molecular formula is C27H32F2N8O. The minimum atomic E-state index is -1.45. The van der Waals surface area contributed by atoms with Crippen LogP contribution in [-0.4, -0.2) is 59.8 Å². The van der Waals surface area contributed by atoms with Crippen molar-refractivity contribution < 1.29 is 13.6 Å². The highest BCUT2D eigenvalue weighted by atomic mass is 19.1. The summed E-state index contributed by atoms with van der Waals surface area (Å²) in [5.74, 6) is -0.236. The van der Waals surface area contributed by atoms with Crippen molar-refractivity contribution in [3.63, 3.8) is 0 Å². The average Bonchev–Trinajstić information content (AvgIpc) is 3.53. The maximum atomic E-state index is 14.8. The summed E-state index contributed by atoms with van der Waals surface area (Å²) in [6.07, 6.45) is 1.62. The molecule has 0 fully saturated rings. The second-order valence-electron chi connectivity index (χ2n) is 10.2. The Balaban J connectivity index is 1.84. The fourth-order valence-corrected chi connectivity index (χ4v) is 4.45. The molecule has 0 radical (unpaired) electrons. The highest BCUT2D eigenvalue weighted by Crippen LogP contribution is 2.39. The van der Waals surface area contributed by atoms with Crippen LogP contribution in [-0.2, 0) is 17.9 Å². The van der Waals surface area contributed by atoms with Gasteiger partial charge in [-0.2, -0.15) is 4.80 Å². The lowest BCUT2D eigenvalue weighted by Crippen LogP contribution is -2.47. The Bertz CT molecular complexity index is 1330. The minimum Gasteiger partial charge on any atom is -0.328 e. The number of carbonyl (C=O) groups is 1. The fourth-order valence-electron chi connectivity index (χ4n) is 4.45. The molecule has 0 unspecified atom stereocenters. The number of nitrogens with zero attached hydrogens (tertiary/aromatic N) is 7. The van der Waals surface area contributed by atoms with Gasteiger partial charge in [-0.05, 0) is 28.3 Å². The predicted molar refractivity (Wildman–Crippen MR) is 139 cm³/mol. The molecule has 0 aliphatic carbocycles. The molecule has 0 saturated carbocycles. The number of alkyl halides is 1. The number of halogens is 2. The first kappa shape index (κ1) is 27.1. The minimum absolute atomic E-state index is 0.222. The Morgan fingerprint density at radius 3 is 2.53 bits per heavy atom. The van der Waals surface area contributed by atoms with Gasteiger partial charge in [0.1, 0.15) is 24.4 Å². The van der Waals surface area contributed by atoms with Gasteiger partial charge in [-0.25, -0.2) is 13.8 Å². The molecule has 4 aromatic rings. The molecule has 38 heavy (non-hydrogen) atoms. The number of carbonyl (C=O) groups excluding carboxylic acids is 1. The Hall–Kier alpha value is -3.99. The molecule has 2 aromatic heterocycles. The van der Waals surface area contributed by atoms with Gasteiger partial charge in [0.15, 0.2) is 6.33 Å². The van der Waals surface area contributed by atoms with Crippen LogP contribution in [0.3, 0.4) is 0 Å². The van der Waals surface area contributed by atoms with E-state index in [1.165, 1.54) is 23.4 Å². The molecule has 2 atom stereocenters. The second-order valence-corrected chi connectivity index (χ2v) is 10.2. The Labute approximate surface area is 220 Å². The summed E-state index contributed by atoms with van der Waals surface area (Å²) in [7, 11) is 0. The quantitative estimate of drug-likeness (QED) is 0.341. The van der Waals surface area contributed by atoms with Crippen molar-refractivity contribution in [2.24, 2.45) is 11.1 Å². The number of rotatable bonds is 10. The van der Waals surface area contributed by atoms with Crippen LogP contribution in [0, 0.1) is 11.2 Å². The molecular weight excluding hydrogens is 490 g/mol. The Kier molecular flexibility index (Phi) is 8.26. The summed E-state index contributed by atoms with van der Waals surface area (Å²) in [6.45, 7) is 5.64. The van der Waals surface area contributed by atoms with Crippen LogP contribution in [0.4, 0.5) is 8.78 Å². The molecule has 0 aliphatic heterocycles. The van der Waals surface area contributed by atoms with Crippen LogP contribution in [0.15, 0.2) is 67.1 Å². The molecule has 0 saturated heterocycles. The van der Waals surface area contributed by atoms with Gasteiger partial charge in [0, 0.05) is 24.8 Å². The third-order valence-electron chi connectivity index (χ3n) is 6.14. The van der Waals surface area contributed by atoms with Crippen molar-refractivity contribution in [3.05, 3.63) is 84.3 Å². The van der Waals surface area contributed by atoms with Crippen molar-refractivity contribution >= 4 is 5.91 Å². The Morgan fingerprint density at radius 2 is 1.89 bits per heavy atom. The van der Waals surface area contributed by atoms with E-state index in [2.05, 4.69) is 15.4 Å². The van der Waals surface area contributed by atoms with Crippen LogP contribution in [0.25, 0.3) is 11.3 Å². The number of imidazole rings is 1. The van der Waals surface area contributed by atoms with Crippen molar-refractivity contribution in [1.29, 1.82) is 0 Å². The third-order valence-corrected chi connectivity index (χ3v) is 6.14. The van der Waals surface area contributed by atoms with E-state index in [4.69, 9.17) is 10.7 Å². The number of benzene rings is 2. The summed E-state index contributed by atoms with van der Waals surface area (Å²) in [5, 5.41) is 11.4. The summed E-state index contributed by atoms with van der Waals surface area (Å²) < 4.78 is 30.8. The van der Waals surface area contributed by atoms with Gasteiger partial charge in [0.25, 0.3) is 0 Å². The van der Waals surface area contributed by atoms with Crippen LogP contribution < -0.4 is 5.73 Å². The lowest BCUT2D eigenvalue weighted by Gasteiger charge is -2.40. The highest BCUT2D eigenvalue weighted by molar-refractivity contribution is 5.76. The lowest BCUT2D eigenvalue weighted by molar-refractivity contribution is -0.139. The third kappa shape index (κ3) is 6.46. The van der Waals surface area contributed by atoms with Gasteiger partial charge < -0.3 is 15.2 Å². The molecule has 11 heteroatoms. The normalized spacial score (nSPS) is 13.3. The van der Waals surface area contributed by atoms with Gasteiger partial charge in [-0.15, -0.1) is 10.2 Å². The summed E-state index contributed by atoms with van der Waals surface area (Å²) in [6, 6.07) is 15.3. The summed E-state index contributed by atoms with van der Waals surface area (Å²) in [5.41, 5.74) is 7.21. The first-order valence-corrected chi connectivity index (χ1v) is 12.4. The van der Waals surface area contributed by atoms with Crippen molar-refractivity contribution in [2.45, 2.75) is 46.1 Å².